The fraction of sp³-hybridized carbons (Fsp3) is 0. The predicted molar refractivity (Wildman–Crippen MR) is 81.8 cm³/mol. The number of pyridine rings is 1. The number of fused-ring (bicyclic) bond motifs is 1. The van der Waals surface area contributed by atoms with Crippen LogP contribution in [0.25, 0.3) is 22.4 Å². The van der Waals surface area contributed by atoms with Gasteiger partial charge in [0.15, 0.2) is 10.4 Å². The molecular formula is C14H6Br2FNO3. The number of rotatable bonds is 2. The minimum absolute atomic E-state index is 0.0308. The quantitative estimate of drug-likeness (QED) is 0.650. The highest BCUT2D eigenvalue weighted by molar-refractivity contribution is 9.10. The van der Waals surface area contributed by atoms with Gasteiger partial charge in [0.1, 0.15) is 11.5 Å². The minimum Gasteiger partial charge on any atom is -0.478 e. The second-order valence-corrected chi connectivity index (χ2v) is 5.88. The third kappa shape index (κ3) is 2.58. The molecule has 3 aromatic rings. The van der Waals surface area contributed by atoms with Gasteiger partial charge in [-0.2, -0.15) is 0 Å². The van der Waals surface area contributed by atoms with Gasteiger partial charge in [0.2, 0.25) is 0 Å². The molecule has 0 aliphatic rings. The van der Waals surface area contributed by atoms with Crippen molar-refractivity contribution in [2.24, 2.45) is 0 Å². The summed E-state index contributed by atoms with van der Waals surface area (Å²) in [6.07, 6.45) is 0. The lowest BCUT2D eigenvalue weighted by atomic mass is 10.1. The summed E-state index contributed by atoms with van der Waals surface area (Å²) in [5.74, 6) is -1.23. The highest BCUT2D eigenvalue weighted by Crippen LogP contribution is 2.30. The van der Waals surface area contributed by atoms with Crippen LogP contribution in [0.1, 0.15) is 10.4 Å². The third-order valence-corrected chi connectivity index (χ3v) is 3.94. The van der Waals surface area contributed by atoms with E-state index in [2.05, 4.69) is 36.8 Å². The zero-order chi connectivity index (χ0) is 15.1. The van der Waals surface area contributed by atoms with Crippen LogP contribution in [-0.4, -0.2) is 16.1 Å². The number of nitrogens with zero attached hydrogens (tertiary/aromatic N) is 1. The van der Waals surface area contributed by atoms with Gasteiger partial charge in [-0.15, -0.1) is 0 Å². The zero-order valence-corrected chi connectivity index (χ0v) is 13.4. The molecule has 0 spiro atoms. The van der Waals surface area contributed by atoms with Crippen molar-refractivity contribution in [3.63, 3.8) is 0 Å². The number of carboxylic acids is 1. The van der Waals surface area contributed by atoms with E-state index in [1.54, 1.807) is 12.1 Å². The van der Waals surface area contributed by atoms with Crippen molar-refractivity contribution in [2.45, 2.75) is 0 Å². The molecule has 2 aromatic heterocycles. The standard InChI is InChI=1S/C14H6Br2FNO3/c15-8-3-6-7(14(19)20)4-11(12-1-2-13(16)21-12)18-10(6)5-9(8)17/h1-5H,(H,19,20). The summed E-state index contributed by atoms with van der Waals surface area (Å²) >= 11 is 6.22. The Kier molecular flexibility index (Phi) is 3.54. The maximum absolute atomic E-state index is 13.7. The third-order valence-electron chi connectivity index (χ3n) is 2.91. The SMILES string of the molecule is O=C(O)c1cc(-c2ccc(Br)o2)nc2cc(F)c(Br)cc12. The van der Waals surface area contributed by atoms with E-state index < -0.39 is 11.8 Å². The molecule has 0 atom stereocenters. The Labute approximate surface area is 134 Å². The first-order valence-corrected chi connectivity index (χ1v) is 7.33. The Hall–Kier alpha value is -1.73. The van der Waals surface area contributed by atoms with Crippen LogP contribution in [-0.2, 0) is 0 Å². The summed E-state index contributed by atoms with van der Waals surface area (Å²) in [4.78, 5) is 15.7. The summed E-state index contributed by atoms with van der Waals surface area (Å²) in [6, 6.07) is 7.32. The highest BCUT2D eigenvalue weighted by atomic mass is 79.9. The highest BCUT2D eigenvalue weighted by Gasteiger charge is 2.16. The van der Waals surface area contributed by atoms with Crippen LogP contribution in [0, 0.1) is 5.82 Å². The van der Waals surface area contributed by atoms with E-state index in [1.807, 2.05) is 0 Å². The fourth-order valence-corrected chi connectivity index (χ4v) is 2.63. The van der Waals surface area contributed by atoms with E-state index in [0.29, 0.717) is 21.5 Å². The van der Waals surface area contributed by atoms with E-state index in [0.717, 1.165) is 0 Å². The molecule has 0 fully saturated rings. The molecule has 0 saturated heterocycles. The first-order valence-electron chi connectivity index (χ1n) is 5.74. The molecule has 2 heterocycles. The normalized spacial score (nSPS) is 11.0. The molecule has 0 amide bonds. The Bertz CT molecular complexity index is 876. The number of carboxylic acid groups (broad SMARTS) is 1. The Morgan fingerprint density at radius 2 is 2.00 bits per heavy atom. The Morgan fingerprint density at radius 1 is 1.24 bits per heavy atom. The van der Waals surface area contributed by atoms with Gasteiger partial charge in [0.25, 0.3) is 0 Å². The van der Waals surface area contributed by atoms with Crippen LogP contribution in [0.3, 0.4) is 0 Å². The minimum atomic E-state index is -1.12. The average Bonchev–Trinajstić information content (AvgIpc) is 2.85. The number of halogens is 3. The van der Waals surface area contributed by atoms with Crippen molar-refractivity contribution in [1.82, 2.24) is 4.98 Å². The molecule has 0 aliphatic heterocycles. The van der Waals surface area contributed by atoms with Gasteiger partial charge in [-0.05, 0) is 56.1 Å². The van der Waals surface area contributed by atoms with E-state index in [1.165, 1.54) is 18.2 Å². The molecule has 3 rings (SSSR count). The summed E-state index contributed by atoms with van der Waals surface area (Å²) in [5, 5.41) is 9.69. The van der Waals surface area contributed by atoms with Gasteiger partial charge in [-0.1, -0.05) is 0 Å². The van der Waals surface area contributed by atoms with Crippen LogP contribution in [0.5, 0.6) is 0 Å². The van der Waals surface area contributed by atoms with Crippen LogP contribution >= 0.6 is 31.9 Å². The molecule has 1 N–H and O–H groups in total. The number of furan rings is 1. The van der Waals surface area contributed by atoms with Crippen molar-refractivity contribution in [3.05, 3.63) is 50.9 Å². The number of hydrogen-bond acceptors (Lipinski definition) is 3. The molecular weight excluding hydrogens is 409 g/mol. The molecule has 7 heteroatoms. The van der Waals surface area contributed by atoms with Crippen molar-refractivity contribution in [1.29, 1.82) is 0 Å². The molecule has 4 nitrogen and oxygen atoms in total. The number of hydrogen-bond donors (Lipinski definition) is 1. The van der Waals surface area contributed by atoms with E-state index >= 15 is 0 Å². The molecule has 0 saturated carbocycles. The van der Waals surface area contributed by atoms with Gasteiger partial charge >= 0.3 is 5.97 Å². The first kappa shape index (κ1) is 14.2. The van der Waals surface area contributed by atoms with E-state index in [4.69, 9.17) is 4.42 Å². The topological polar surface area (TPSA) is 63.3 Å². The predicted octanol–water partition coefficient (Wildman–Crippen LogP) is 4.86. The number of aromatic carboxylic acids is 1. The Morgan fingerprint density at radius 3 is 2.62 bits per heavy atom. The molecule has 21 heavy (non-hydrogen) atoms. The fourth-order valence-electron chi connectivity index (χ4n) is 1.98. The van der Waals surface area contributed by atoms with Crippen molar-refractivity contribution < 1.29 is 18.7 Å². The van der Waals surface area contributed by atoms with E-state index in [-0.39, 0.29) is 15.6 Å². The second kappa shape index (κ2) is 5.23. The molecule has 1 aromatic carbocycles. The van der Waals surface area contributed by atoms with Gasteiger partial charge in [0.05, 0.1) is 15.6 Å². The molecule has 106 valence electrons. The molecule has 0 aliphatic carbocycles. The monoisotopic (exact) mass is 413 g/mol. The maximum Gasteiger partial charge on any atom is 0.336 e. The van der Waals surface area contributed by atoms with Crippen LogP contribution in [0.15, 0.2) is 43.9 Å². The van der Waals surface area contributed by atoms with Crippen LogP contribution in [0.4, 0.5) is 4.39 Å². The molecule has 0 radical (unpaired) electrons. The van der Waals surface area contributed by atoms with Gasteiger partial charge in [-0.25, -0.2) is 14.2 Å². The average molecular weight is 415 g/mol. The number of aromatic nitrogens is 1. The van der Waals surface area contributed by atoms with Crippen LogP contribution in [0.2, 0.25) is 0 Å². The summed E-state index contributed by atoms with van der Waals surface area (Å²) in [6.45, 7) is 0. The summed E-state index contributed by atoms with van der Waals surface area (Å²) in [5.41, 5.74) is 0.605. The number of carbonyl (C=O) groups is 1. The van der Waals surface area contributed by atoms with Gasteiger partial charge in [0, 0.05) is 11.5 Å². The largest absolute Gasteiger partial charge is 0.478 e. The van der Waals surface area contributed by atoms with E-state index in [9.17, 15) is 14.3 Å². The molecule has 0 unspecified atom stereocenters. The van der Waals surface area contributed by atoms with Gasteiger partial charge in [-0.3, -0.25) is 0 Å². The number of benzene rings is 1. The zero-order valence-electron chi connectivity index (χ0n) is 10.2. The summed E-state index contributed by atoms with van der Waals surface area (Å²) < 4.78 is 19.7. The lowest BCUT2D eigenvalue weighted by Gasteiger charge is -2.06. The van der Waals surface area contributed by atoms with Crippen molar-refractivity contribution in [2.75, 3.05) is 0 Å². The second-order valence-electron chi connectivity index (χ2n) is 4.25. The molecule has 0 bridgehead atoms. The first-order chi connectivity index (χ1) is 9.95. The van der Waals surface area contributed by atoms with Crippen LogP contribution < -0.4 is 0 Å². The van der Waals surface area contributed by atoms with Crippen molar-refractivity contribution in [3.8, 4) is 11.5 Å². The smallest absolute Gasteiger partial charge is 0.336 e. The van der Waals surface area contributed by atoms with Gasteiger partial charge < -0.3 is 9.52 Å². The lowest BCUT2D eigenvalue weighted by Crippen LogP contribution is -2.00. The van der Waals surface area contributed by atoms with Crippen molar-refractivity contribution >= 4 is 48.7 Å². The Balaban J connectivity index is 2.34. The summed E-state index contributed by atoms with van der Waals surface area (Å²) in [7, 11) is 0. The lowest BCUT2D eigenvalue weighted by molar-refractivity contribution is 0.0699. The maximum atomic E-state index is 13.7.